The zero-order chi connectivity index (χ0) is 25.6. The quantitative estimate of drug-likeness (QED) is 0.651. The van der Waals surface area contributed by atoms with Crippen LogP contribution >= 0.6 is 0 Å². The molecule has 2 fully saturated rings. The number of likely N-dealkylation sites (tertiary alicyclic amines) is 1. The molecule has 2 aliphatic rings. The minimum Gasteiger partial charge on any atom is -0.331 e. The Labute approximate surface area is 210 Å². The van der Waals surface area contributed by atoms with Gasteiger partial charge >= 0.3 is 0 Å². The van der Waals surface area contributed by atoms with Crippen molar-refractivity contribution in [2.45, 2.75) is 53.9 Å². The summed E-state index contributed by atoms with van der Waals surface area (Å²) in [5.74, 6) is 1.23. The van der Waals surface area contributed by atoms with Crippen LogP contribution in [-0.4, -0.2) is 71.6 Å². The van der Waals surface area contributed by atoms with Crippen LogP contribution in [0.15, 0.2) is 18.2 Å². The van der Waals surface area contributed by atoms with E-state index in [9.17, 15) is 13.2 Å². The number of hydrogen-bond acceptors (Lipinski definition) is 5. The van der Waals surface area contributed by atoms with Gasteiger partial charge in [0.05, 0.1) is 23.3 Å². The van der Waals surface area contributed by atoms with Crippen LogP contribution in [0.1, 0.15) is 52.8 Å². The number of sulfonamides is 1. The molecular weight excluding hydrogens is 462 g/mol. The highest BCUT2D eigenvalue weighted by Gasteiger charge is 2.47. The first-order valence-corrected chi connectivity index (χ1v) is 14.3. The van der Waals surface area contributed by atoms with Gasteiger partial charge in [-0.15, -0.1) is 0 Å². The molecule has 0 aliphatic carbocycles. The SMILES string of the molecule is Cc1nc2cc(NC(=O)CN3CCC4(CC3)CN(S(=O)(=O)CC(C)C)CC(C)(C)C4)ccc2n1C. The van der Waals surface area contributed by atoms with Gasteiger partial charge in [-0.2, -0.15) is 0 Å². The van der Waals surface area contributed by atoms with E-state index >= 15 is 0 Å². The van der Waals surface area contributed by atoms with Crippen LogP contribution in [0, 0.1) is 23.7 Å². The van der Waals surface area contributed by atoms with E-state index in [1.54, 1.807) is 4.31 Å². The molecule has 0 atom stereocenters. The maximum absolute atomic E-state index is 13.1. The number of rotatable bonds is 6. The molecular formula is C26H41N5O3S. The number of nitrogens with one attached hydrogen (secondary N) is 1. The fourth-order valence-electron chi connectivity index (χ4n) is 6.08. The second-order valence-electron chi connectivity index (χ2n) is 12.0. The minimum atomic E-state index is -3.26. The Morgan fingerprint density at radius 2 is 1.86 bits per heavy atom. The van der Waals surface area contributed by atoms with Crippen LogP contribution in [0.5, 0.6) is 0 Å². The van der Waals surface area contributed by atoms with Gasteiger partial charge in [-0.05, 0) is 74.2 Å². The van der Waals surface area contributed by atoms with Crippen LogP contribution in [0.2, 0.25) is 0 Å². The van der Waals surface area contributed by atoms with Crippen LogP contribution in [-0.2, 0) is 21.9 Å². The van der Waals surface area contributed by atoms with E-state index in [1.807, 2.05) is 50.6 Å². The van der Waals surface area contributed by atoms with Crippen molar-refractivity contribution in [1.82, 2.24) is 18.8 Å². The van der Waals surface area contributed by atoms with Crippen LogP contribution in [0.25, 0.3) is 11.0 Å². The lowest BCUT2D eigenvalue weighted by Crippen LogP contribution is -2.56. The predicted molar refractivity (Wildman–Crippen MR) is 141 cm³/mol. The van der Waals surface area contributed by atoms with Gasteiger partial charge in [-0.25, -0.2) is 17.7 Å². The molecule has 1 amide bonds. The first-order chi connectivity index (χ1) is 16.3. The van der Waals surface area contributed by atoms with Crippen molar-refractivity contribution >= 4 is 32.7 Å². The van der Waals surface area contributed by atoms with Crippen LogP contribution < -0.4 is 5.32 Å². The molecule has 2 aliphatic heterocycles. The van der Waals surface area contributed by atoms with E-state index in [4.69, 9.17) is 0 Å². The van der Waals surface area contributed by atoms with Crippen molar-refractivity contribution < 1.29 is 13.2 Å². The molecule has 1 N–H and O–H groups in total. The number of imidazole rings is 1. The van der Waals surface area contributed by atoms with Crippen molar-refractivity contribution in [3.63, 3.8) is 0 Å². The Bertz CT molecular complexity index is 1190. The molecule has 9 heteroatoms. The molecule has 2 aromatic rings. The van der Waals surface area contributed by atoms with Crippen molar-refractivity contribution in [2.75, 3.05) is 43.8 Å². The Morgan fingerprint density at radius 3 is 2.51 bits per heavy atom. The Hall–Kier alpha value is -1.97. The highest BCUT2D eigenvalue weighted by atomic mass is 32.2. The van der Waals surface area contributed by atoms with E-state index in [2.05, 4.69) is 29.0 Å². The van der Waals surface area contributed by atoms with Crippen molar-refractivity contribution in [3.8, 4) is 0 Å². The summed E-state index contributed by atoms with van der Waals surface area (Å²) in [6.07, 6.45) is 2.85. The van der Waals surface area contributed by atoms with E-state index in [0.717, 1.165) is 54.9 Å². The number of aryl methyl sites for hydroxylation is 2. The number of nitrogens with zero attached hydrogens (tertiary/aromatic N) is 4. The molecule has 1 aromatic carbocycles. The standard InChI is InChI=1S/C26H41N5O3S/c1-19(2)15-35(33,34)31-17-25(4,5)16-26(18-31)9-11-30(12-10-26)14-24(32)28-21-7-8-23-22(13-21)27-20(3)29(23)6/h7-8,13,19H,9-12,14-18H2,1-6H3,(H,28,32). The van der Waals surface area contributed by atoms with Crippen molar-refractivity contribution in [3.05, 3.63) is 24.0 Å². The van der Waals surface area contributed by atoms with Gasteiger partial charge in [-0.3, -0.25) is 9.69 Å². The lowest BCUT2D eigenvalue weighted by molar-refractivity contribution is -0.118. The number of aromatic nitrogens is 2. The van der Waals surface area contributed by atoms with Crippen molar-refractivity contribution in [1.29, 1.82) is 0 Å². The summed E-state index contributed by atoms with van der Waals surface area (Å²) in [4.78, 5) is 19.5. The number of anilines is 1. The molecule has 4 rings (SSSR count). The summed E-state index contributed by atoms with van der Waals surface area (Å²) < 4.78 is 29.9. The Kier molecular flexibility index (Phi) is 7.07. The molecule has 3 heterocycles. The molecule has 194 valence electrons. The van der Waals surface area contributed by atoms with E-state index < -0.39 is 10.0 Å². The molecule has 1 aromatic heterocycles. The lowest BCUT2D eigenvalue weighted by Gasteiger charge is -2.52. The second kappa shape index (κ2) is 9.48. The zero-order valence-corrected chi connectivity index (χ0v) is 22.9. The fourth-order valence-corrected chi connectivity index (χ4v) is 8.15. The maximum Gasteiger partial charge on any atom is 0.238 e. The van der Waals surface area contributed by atoms with Crippen LogP contribution in [0.4, 0.5) is 5.69 Å². The highest BCUT2D eigenvalue weighted by Crippen LogP contribution is 2.47. The third-order valence-corrected chi connectivity index (χ3v) is 9.71. The predicted octanol–water partition coefficient (Wildman–Crippen LogP) is 3.62. The minimum absolute atomic E-state index is 0.0132. The first-order valence-electron chi connectivity index (χ1n) is 12.7. The van der Waals surface area contributed by atoms with Gasteiger partial charge in [0.2, 0.25) is 15.9 Å². The number of benzene rings is 1. The number of fused-ring (bicyclic) bond motifs is 1. The highest BCUT2D eigenvalue weighted by molar-refractivity contribution is 7.89. The largest absolute Gasteiger partial charge is 0.331 e. The number of amides is 1. The van der Waals surface area contributed by atoms with E-state index in [0.29, 0.717) is 19.6 Å². The van der Waals surface area contributed by atoms with Gasteiger partial charge in [0, 0.05) is 25.8 Å². The first kappa shape index (κ1) is 26.1. The number of hydrogen-bond donors (Lipinski definition) is 1. The van der Waals surface area contributed by atoms with Crippen molar-refractivity contribution in [2.24, 2.45) is 23.8 Å². The zero-order valence-electron chi connectivity index (χ0n) is 22.1. The normalized spacial score (nSPS) is 21.1. The molecule has 0 saturated carbocycles. The monoisotopic (exact) mass is 503 g/mol. The summed E-state index contributed by atoms with van der Waals surface area (Å²) in [6, 6.07) is 5.82. The summed E-state index contributed by atoms with van der Waals surface area (Å²) in [5.41, 5.74) is 2.61. The Balaban J connectivity index is 1.36. The third-order valence-electron chi connectivity index (χ3n) is 7.58. The van der Waals surface area contributed by atoms with Gasteiger partial charge in [0.25, 0.3) is 0 Å². The summed E-state index contributed by atoms with van der Waals surface area (Å²) in [7, 11) is -1.28. The summed E-state index contributed by atoms with van der Waals surface area (Å²) in [5, 5.41) is 3.02. The molecule has 0 bridgehead atoms. The van der Waals surface area contributed by atoms with Crippen LogP contribution in [0.3, 0.4) is 0 Å². The molecule has 1 spiro atoms. The Morgan fingerprint density at radius 1 is 1.17 bits per heavy atom. The average Bonchev–Trinajstić information content (AvgIpc) is 3.01. The van der Waals surface area contributed by atoms with Gasteiger partial charge in [0.1, 0.15) is 5.82 Å². The third kappa shape index (κ3) is 5.89. The molecule has 0 radical (unpaired) electrons. The average molecular weight is 504 g/mol. The number of carbonyl (C=O) groups is 1. The summed E-state index contributed by atoms with van der Waals surface area (Å²) in [6.45, 7) is 13.4. The van der Waals surface area contributed by atoms with E-state index in [-0.39, 0.29) is 28.4 Å². The molecule has 2 saturated heterocycles. The van der Waals surface area contributed by atoms with Gasteiger partial charge in [-0.1, -0.05) is 27.7 Å². The smallest absolute Gasteiger partial charge is 0.238 e. The number of carbonyl (C=O) groups excluding carboxylic acids is 1. The molecule has 8 nitrogen and oxygen atoms in total. The van der Waals surface area contributed by atoms with Gasteiger partial charge < -0.3 is 9.88 Å². The second-order valence-corrected chi connectivity index (χ2v) is 14.0. The lowest BCUT2D eigenvalue weighted by atomic mass is 9.65. The number of piperidine rings is 2. The topological polar surface area (TPSA) is 87.5 Å². The molecule has 35 heavy (non-hydrogen) atoms. The maximum atomic E-state index is 13.1. The van der Waals surface area contributed by atoms with Gasteiger partial charge in [0.15, 0.2) is 0 Å². The van der Waals surface area contributed by atoms with E-state index in [1.165, 1.54) is 0 Å². The fraction of sp³-hybridized carbons (Fsp3) is 0.692. The molecule has 0 unspecified atom stereocenters. The summed E-state index contributed by atoms with van der Waals surface area (Å²) >= 11 is 0.